The molecule has 4 heteroatoms. The molecular formula is C16H25NO2S. The molecule has 0 aliphatic carbocycles. The van der Waals surface area contributed by atoms with Crippen molar-refractivity contribution in [2.45, 2.75) is 37.5 Å². The molecule has 1 N–H and O–H groups in total. The third-order valence-electron chi connectivity index (χ3n) is 3.78. The maximum Gasteiger partial charge on any atom is 0.161 e. The molecule has 0 bridgehead atoms. The van der Waals surface area contributed by atoms with E-state index in [1.165, 1.54) is 30.6 Å². The van der Waals surface area contributed by atoms with Crippen LogP contribution in [0.5, 0.6) is 11.5 Å². The van der Waals surface area contributed by atoms with Crippen molar-refractivity contribution in [3.05, 3.63) is 23.8 Å². The Morgan fingerprint density at radius 2 is 2.05 bits per heavy atom. The van der Waals surface area contributed by atoms with Crippen molar-refractivity contribution < 1.29 is 9.47 Å². The zero-order valence-electron chi connectivity index (χ0n) is 12.6. The molecule has 0 amide bonds. The van der Waals surface area contributed by atoms with Crippen LogP contribution in [-0.4, -0.2) is 31.8 Å². The van der Waals surface area contributed by atoms with Crippen molar-refractivity contribution in [1.82, 2.24) is 5.32 Å². The van der Waals surface area contributed by atoms with Gasteiger partial charge in [0.05, 0.1) is 14.2 Å². The highest BCUT2D eigenvalue weighted by Crippen LogP contribution is 2.37. The first-order valence-electron chi connectivity index (χ1n) is 7.37. The average molecular weight is 295 g/mol. The monoisotopic (exact) mass is 295 g/mol. The van der Waals surface area contributed by atoms with Crippen LogP contribution in [0.25, 0.3) is 0 Å². The topological polar surface area (TPSA) is 30.5 Å². The van der Waals surface area contributed by atoms with E-state index in [2.05, 4.69) is 36.1 Å². The van der Waals surface area contributed by atoms with Gasteiger partial charge in [-0.15, -0.1) is 0 Å². The van der Waals surface area contributed by atoms with Gasteiger partial charge in [0.2, 0.25) is 0 Å². The van der Waals surface area contributed by atoms with Crippen molar-refractivity contribution in [2.24, 2.45) is 0 Å². The molecule has 0 radical (unpaired) electrons. The number of ether oxygens (including phenoxy) is 2. The van der Waals surface area contributed by atoms with Gasteiger partial charge >= 0.3 is 0 Å². The van der Waals surface area contributed by atoms with Gasteiger partial charge in [-0.05, 0) is 42.8 Å². The lowest BCUT2D eigenvalue weighted by molar-refractivity contribution is 0.353. The van der Waals surface area contributed by atoms with Crippen LogP contribution < -0.4 is 14.8 Å². The van der Waals surface area contributed by atoms with Gasteiger partial charge in [0.1, 0.15) is 0 Å². The van der Waals surface area contributed by atoms with Gasteiger partial charge in [-0.1, -0.05) is 19.4 Å². The van der Waals surface area contributed by atoms with Crippen molar-refractivity contribution in [3.8, 4) is 11.5 Å². The molecule has 1 aromatic carbocycles. The van der Waals surface area contributed by atoms with E-state index in [1.807, 2.05) is 6.07 Å². The molecule has 1 aliphatic heterocycles. The van der Waals surface area contributed by atoms with E-state index in [1.54, 1.807) is 14.2 Å². The Hall–Kier alpha value is -0.870. The molecule has 0 spiro atoms. The van der Waals surface area contributed by atoms with E-state index in [0.29, 0.717) is 11.3 Å². The third-order valence-corrected chi connectivity index (χ3v) is 5.24. The van der Waals surface area contributed by atoms with Gasteiger partial charge in [0.15, 0.2) is 11.5 Å². The summed E-state index contributed by atoms with van der Waals surface area (Å²) >= 11 is 2.09. The molecule has 2 unspecified atom stereocenters. The highest BCUT2D eigenvalue weighted by molar-refractivity contribution is 8.00. The van der Waals surface area contributed by atoms with E-state index < -0.39 is 0 Å². The van der Waals surface area contributed by atoms with Crippen molar-refractivity contribution >= 4 is 11.8 Å². The largest absolute Gasteiger partial charge is 0.493 e. The first-order valence-corrected chi connectivity index (χ1v) is 8.42. The minimum atomic E-state index is 0.394. The molecule has 2 rings (SSSR count). The molecular weight excluding hydrogens is 270 g/mol. The number of benzene rings is 1. The second-order valence-electron chi connectivity index (χ2n) is 5.05. The summed E-state index contributed by atoms with van der Waals surface area (Å²) in [4.78, 5) is 0. The van der Waals surface area contributed by atoms with Crippen LogP contribution >= 0.6 is 11.8 Å². The van der Waals surface area contributed by atoms with Gasteiger partial charge in [-0.25, -0.2) is 0 Å². The number of hydrogen-bond donors (Lipinski definition) is 1. The summed E-state index contributed by atoms with van der Waals surface area (Å²) in [6.07, 6.45) is 3.98. The van der Waals surface area contributed by atoms with Crippen molar-refractivity contribution in [3.63, 3.8) is 0 Å². The number of hydrogen-bond acceptors (Lipinski definition) is 4. The average Bonchev–Trinajstić information content (AvgIpc) is 2.52. The molecule has 1 aromatic rings. The van der Waals surface area contributed by atoms with Crippen LogP contribution in [0.15, 0.2) is 18.2 Å². The molecule has 1 fully saturated rings. The summed E-state index contributed by atoms with van der Waals surface area (Å²) in [6, 6.07) is 6.67. The van der Waals surface area contributed by atoms with E-state index in [4.69, 9.17) is 9.47 Å². The SMILES string of the molecule is CCNC(c1ccc(OC)c(OC)c1)C1CCCCS1. The maximum absolute atomic E-state index is 5.43. The molecule has 112 valence electrons. The Labute approximate surface area is 126 Å². The standard InChI is InChI=1S/C16H25NO2S/c1-4-17-16(15-7-5-6-10-20-15)12-8-9-13(18-2)14(11-12)19-3/h8-9,11,15-17H,4-7,10H2,1-3H3. The van der Waals surface area contributed by atoms with Crippen molar-refractivity contribution in [1.29, 1.82) is 0 Å². The molecule has 0 aromatic heterocycles. The lowest BCUT2D eigenvalue weighted by Crippen LogP contribution is -2.31. The summed E-state index contributed by atoms with van der Waals surface area (Å²) < 4.78 is 10.8. The normalized spacial score (nSPS) is 20.4. The summed E-state index contributed by atoms with van der Waals surface area (Å²) in [5, 5.41) is 4.29. The molecule has 1 saturated heterocycles. The van der Waals surface area contributed by atoms with Crippen LogP contribution in [0.4, 0.5) is 0 Å². The molecule has 1 heterocycles. The van der Waals surface area contributed by atoms with Crippen LogP contribution in [0.1, 0.15) is 37.8 Å². The molecule has 20 heavy (non-hydrogen) atoms. The van der Waals surface area contributed by atoms with Crippen molar-refractivity contribution in [2.75, 3.05) is 26.5 Å². The zero-order chi connectivity index (χ0) is 14.4. The van der Waals surface area contributed by atoms with Gasteiger partial charge in [0, 0.05) is 11.3 Å². The van der Waals surface area contributed by atoms with E-state index in [9.17, 15) is 0 Å². The minimum absolute atomic E-state index is 0.394. The Kier molecular flexibility index (Phi) is 6.05. The Morgan fingerprint density at radius 3 is 2.65 bits per heavy atom. The summed E-state index contributed by atoms with van der Waals surface area (Å²) in [7, 11) is 3.37. The molecule has 3 nitrogen and oxygen atoms in total. The summed E-state index contributed by atoms with van der Waals surface area (Å²) in [6.45, 7) is 3.15. The van der Waals surface area contributed by atoms with Gasteiger partial charge in [-0.3, -0.25) is 0 Å². The Bertz CT molecular complexity index is 419. The van der Waals surface area contributed by atoms with Crippen LogP contribution in [0.2, 0.25) is 0 Å². The molecule has 1 aliphatic rings. The number of methoxy groups -OCH3 is 2. The van der Waals surface area contributed by atoms with Gasteiger partial charge in [0.25, 0.3) is 0 Å². The predicted molar refractivity (Wildman–Crippen MR) is 86.1 cm³/mol. The van der Waals surface area contributed by atoms with Gasteiger partial charge in [-0.2, -0.15) is 11.8 Å². The molecule has 2 atom stereocenters. The molecule has 0 saturated carbocycles. The van der Waals surface area contributed by atoms with E-state index >= 15 is 0 Å². The summed E-state index contributed by atoms with van der Waals surface area (Å²) in [5.74, 6) is 2.89. The number of thioether (sulfide) groups is 1. The minimum Gasteiger partial charge on any atom is -0.493 e. The Balaban J connectivity index is 2.23. The van der Waals surface area contributed by atoms with E-state index in [-0.39, 0.29) is 0 Å². The predicted octanol–water partition coefficient (Wildman–Crippen LogP) is 3.64. The fourth-order valence-electron chi connectivity index (χ4n) is 2.76. The number of nitrogens with one attached hydrogen (secondary N) is 1. The second-order valence-corrected chi connectivity index (χ2v) is 6.40. The zero-order valence-corrected chi connectivity index (χ0v) is 13.5. The van der Waals surface area contributed by atoms with Crippen LogP contribution in [0, 0.1) is 0 Å². The summed E-state index contributed by atoms with van der Waals surface area (Å²) in [5.41, 5.74) is 1.30. The fraction of sp³-hybridized carbons (Fsp3) is 0.625. The Morgan fingerprint density at radius 1 is 1.25 bits per heavy atom. The first kappa shape index (κ1) is 15.5. The third kappa shape index (κ3) is 3.61. The first-order chi connectivity index (χ1) is 9.80. The fourth-order valence-corrected chi connectivity index (χ4v) is 4.21. The smallest absolute Gasteiger partial charge is 0.161 e. The lowest BCUT2D eigenvalue weighted by Gasteiger charge is -2.31. The second kappa shape index (κ2) is 7.79. The van der Waals surface area contributed by atoms with Gasteiger partial charge < -0.3 is 14.8 Å². The number of rotatable bonds is 6. The quantitative estimate of drug-likeness (QED) is 0.868. The maximum atomic E-state index is 5.43. The van der Waals surface area contributed by atoms with Crippen LogP contribution in [-0.2, 0) is 0 Å². The highest BCUT2D eigenvalue weighted by atomic mass is 32.2. The van der Waals surface area contributed by atoms with E-state index in [0.717, 1.165) is 18.0 Å². The highest BCUT2D eigenvalue weighted by Gasteiger charge is 2.25. The lowest BCUT2D eigenvalue weighted by atomic mass is 9.99. The van der Waals surface area contributed by atoms with Crippen LogP contribution in [0.3, 0.4) is 0 Å².